The van der Waals surface area contributed by atoms with E-state index >= 15 is 0 Å². The Morgan fingerprint density at radius 2 is 1.81 bits per heavy atom. The molecule has 0 amide bonds. The van der Waals surface area contributed by atoms with Crippen LogP contribution in [0.2, 0.25) is 0 Å². The highest BCUT2D eigenvalue weighted by atomic mass is 16.1. The zero-order valence-corrected chi connectivity index (χ0v) is 11.8. The number of benzene rings is 2. The highest BCUT2D eigenvalue weighted by Crippen LogP contribution is 2.20. The van der Waals surface area contributed by atoms with E-state index in [4.69, 9.17) is 5.73 Å². The minimum Gasteiger partial charge on any atom is -0.318 e. The van der Waals surface area contributed by atoms with Crippen LogP contribution in [0.5, 0.6) is 0 Å². The van der Waals surface area contributed by atoms with E-state index in [1.165, 1.54) is 0 Å². The highest BCUT2D eigenvalue weighted by molar-refractivity contribution is 6.03. The van der Waals surface area contributed by atoms with Gasteiger partial charge in [-0.05, 0) is 36.8 Å². The number of aryl methyl sites for hydroxylation is 1. The first-order valence-electron chi connectivity index (χ1n) is 6.87. The van der Waals surface area contributed by atoms with Crippen LogP contribution in [0, 0.1) is 6.92 Å². The Morgan fingerprint density at radius 3 is 2.57 bits per heavy atom. The second kappa shape index (κ2) is 5.46. The van der Waals surface area contributed by atoms with E-state index in [2.05, 4.69) is 4.98 Å². The van der Waals surface area contributed by atoms with Crippen molar-refractivity contribution in [3.63, 3.8) is 0 Å². The number of carbonyl (C=O) groups is 1. The van der Waals surface area contributed by atoms with E-state index in [-0.39, 0.29) is 5.78 Å². The molecule has 0 bridgehead atoms. The maximum absolute atomic E-state index is 12.5. The van der Waals surface area contributed by atoms with Gasteiger partial charge in [-0.15, -0.1) is 0 Å². The molecule has 3 rings (SSSR count). The Kier molecular flexibility index (Phi) is 3.50. The fourth-order valence-electron chi connectivity index (χ4n) is 2.37. The number of nitrogens with zero attached hydrogens (tertiary/aromatic N) is 1. The Bertz CT molecular complexity index is 797. The van der Waals surface area contributed by atoms with Gasteiger partial charge in [0.05, 0.1) is 11.6 Å². The number of carbonyl (C=O) groups excluding carboxylic acids is 1. The molecular weight excluding hydrogens is 260 g/mol. The van der Waals surface area contributed by atoms with Crippen molar-refractivity contribution in [2.24, 2.45) is 5.73 Å². The van der Waals surface area contributed by atoms with Crippen molar-refractivity contribution in [1.82, 2.24) is 4.98 Å². The van der Waals surface area contributed by atoms with Crippen molar-refractivity contribution >= 4 is 16.7 Å². The van der Waals surface area contributed by atoms with E-state index in [9.17, 15) is 4.79 Å². The minimum atomic E-state index is -0.637. The van der Waals surface area contributed by atoms with Crippen molar-refractivity contribution in [3.05, 3.63) is 77.5 Å². The van der Waals surface area contributed by atoms with Gasteiger partial charge in [-0.2, -0.15) is 0 Å². The maximum Gasteiger partial charge on any atom is 0.184 e. The van der Waals surface area contributed by atoms with E-state index in [0.29, 0.717) is 5.56 Å². The molecule has 0 saturated carbocycles. The predicted molar refractivity (Wildman–Crippen MR) is 84.2 cm³/mol. The maximum atomic E-state index is 12.5. The zero-order valence-electron chi connectivity index (χ0n) is 11.8. The minimum absolute atomic E-state index is 0.0799. The molecule has 2 aromatic carbocycles. The first kappa shape index (κ1) is 13.5. The van der Waals surface area contributed by atoms with Crippen LogP contribution in [0.3, 0.4) is 0 Å². The number of rotatable bonds is 3. The second-order valence-electron chi connectivity index (χ2n) is 5.11. The Hall–Kier alpha value is -2.52. The summed E-state index contributed by atoms with van der Waals surface area (Å²) in [6.07, 6.45) is 0. The molecule has 21 heavy (non-hydrogen) atoms. The van der Waals surface area contributed by atoms with Crippen molar-refractivity contribution in [2.75, 3.05) is 0 Å². The zero-order chi connectivity index (χ0) is 14.8. The van der Waals surface area contributed by atoms with Crippen LogP contribution >= 0.6 is 0 Å². The number of ketones is 1. The second-order valence-corrected chi connectivity index (χ2v) is 5.11. The fourth-order valence-corrected chi connectivity index (χ4v) is 2.37. The average molecular weight is 276 g/mol. The van der Waals surface area contributed by atoms with Gasteiger partial charge in [-0.1, -0.05) is 36.4 Å². The number of hydrogen-bond donors (Lipinski definition) is 1. The molecule has 3 heteroatoms. The lowest BCUT2D eigenvalue weighted by molar-refractivity contribution is 0.0961. The summed E-state index contributed by atoms with van der Waals surface area (Å²) < 4.78 is 0. The SMILES string of the molecule is Cc1ccc2cc(C(=O)C(N)c3ccccc3)ccc2n1. The van der Waals surface area contributed by atoms with E-state index in [1.807, 2.05) is 61.5 Å². The molecule has 0 aliphatic carbocycles. The molecule has 1 heterocycles. The standard InChI is InChI=1S/C18H16N2O/c1-12-7-8-14-11-15(9-10-16(14)20-12)18(21)17(19)13-5-3-2-4-6-13/h2-11,17H,19H2,1H3. The van der Waals surface area contributed by atoms with Crippen molar-refractivity contribution in [2.45, 2.75) is 13.0 Å². The predicted octanol–water partition coefficient (Wildman–Crippen LogP) is 3.43. The molecule has 104 valence electrons. The summed E-state index contributed by atoms with van der Waals surface area (Å²) in [7, 11) is 0. The molecule has 1 unspecified atom stereocenters. The van der Waals surface area contributed by atoms with Crippen LogP contribution in [0.4, 0.5) is 0 Å². The average Bonchev–Trinajstić information content (AvgIpc) is 2.53. The number of Topliss-reactive ketones (excluding diaryl/α,β-unsaturated/α-hetero) is 1. The van der Waals surface area contributed by atoms with E-state index in [0.717, 1.165) is 22.2 Å². The van der Waals surface area contributed by atoms with Gasteiger partial charge in [0.2, 0.25) is 0 Å². The van der Waals surface area contributed by atoms with Crippen molar-refractivity contribution in [3.8, 4) is 0 Å². The van der Waals surface area contributed by atoms with Gasteiger partial charge < -0.3 is 5.73 Å². The van der Waals surface area contributed by atoms with Gasteiger partial charge in [0.1, 0.15) is 0 Å². The van der Waals surface area contributed by atoms with E-state index < -0.39 is 6.04 Å². The lowest BCUT2D eigenvalue weighted by atomic mass is 9.97. The molecule has 0 aliphatic rings. The molecule has 2 N–H and O–H groups in total. The van der Waals surface area contributed by atoms with Crippen LogP contribution in [0.1, 0.15) is 27.7 Å². The van der Waals surface area contributed by atoms with Crippen molar-refractivity contribution in [1.29, 1.82) is 0 Å². The lowest BCUT2D eigenvalue weighted by Crippen LogP contribution is -2.21. The fraction of sp³-hybridized carbons (Fsp3) is 0.111. The topological polar surface area (TPSA) is 56.0 Å². The van der Waals surface area contributed by atoms with Gasteiger partial charge >= 0.3 is 0 Å². The summed E-state index contributed by atoms with van der Waals surface area (Å²) in [6, 6.07) is 18.2. The van der Waals surface area contributed by atoms with Crippen LogP contribution in [-0.2, 0) is 0 Å². The Labute approximate surface area is 123 Å². The quantitative estimate of drug-likeness (QED) is 0.746. The molecule has 3 aromatic rings. The molecular formula is C18H16N2O. The Balaban J connectivity index is 1.96. The highest BCUT2D eigenvalue weighted by Gasteiger charge is 2.17. The summed E-state index contributed by atoms with van der Waals surface area (Å²) in [5.74, 6) is -0.0799. The lowest BCUT2D eigenvalue weighted by Gasteiger charge is -2.11. The first-order valence-corrected chi connectivity index (χ1v) is 6.87. The third kappa shape index (κ3) is 2.69. The third-order valence-corrected chi connectivity index (χ3v) is 3.55. The van der Waals surface area contributed by atoms with Gasteiger partial charge in [0.15, 0.2) is 5.78 Å². The van der Waals surface area contributed by atoms with Gasteiger partial charge in [-0.3, -0.25) is 9.78 Å². The molecule has 0 saturated heterocycles. The monoisotopic (exact) mass is 276 g/mol. The summed E-state index contributed by atoms with van der Waals surface area (Å²) in [5, 5.41) is 0.951. The van der Waals surface area contributed by atoms with Crippen LogP contribution in [0.25, 0.3) is 10.9 Å². The van der Waals surface area contributed by atoms with E-state index in [1.54, 1.807) is 6.07 Å². The largest absolute Gasteiger partial charge is 0.318 e. The summed E-state index contributed by atoms with van der Waals surface area (Å²) in [6.45, 7) is 1.95. The molecule has 1 aromatic heterocycles. The number of hydrogen-bond acceptors (Lipinski definition) is 3. The molecule has 0 radical (unpaired) electrons. The summed E-state index contributed by atoms with van der Waals surface area (Å²) in [5.41, 5.74) is 9.36. The smallest absolute Gasteiger partial charge is 0.184 e. The molecule has 3 nitrogen and oxygen atoms in total. The normalized spacial score (nSPS) is 12.3. The number of aromatic nitrogens is 1. The number of pyridine rings is 1. The summed E-state index contributed by atoms with van der Waals surface area (Å²) in [4.78, 5) is 16.9. The van der Waals surface area contributed by atoms with Crippen LogP contribution in [0.15, 0.2) is 60.7 Å². The third-order valence-electron chi connectivity index (χ3n) is 3.55. The molecule has 0 fully saturated rings. The van der Waals surface area contributed by atoms with Crippen LogP contribution < -0.4 is 5.73 Å². The van der Waals surface area contributed by atoms with Gasteiger partial charge in [0, 0.05) is 16.6 Å². The number of nitrogens with two attached hydrogens (primary N) is 1. The van der Waals surface area contributed by atoms with Gasteiger partial charge in [-0.25, -0.2) is 0 Å². The van der Waals surface area contributed by atoms with Crippen molar-refractivity contribution < 1.29 is 4.79 Å². The number of fused-ring (bicyclic) bond motifs is 1. The molecule has 0 spiro atoms. The van der Waals surface area contributed by atoms with Crippen LogP contribution in [-0.4, -0.2) is 10.8 Å². The first-order chi connectivity index (χ1) is 10.1. The van der Waals surface area contributed by atoms with Gasteiger partial charge in [0.25, 0.3) is 0 Å². The molecule has 1 atom stereocenters. The molecule has 0 aliphatic heterocycles. The summed E-state index contributed by atoms with van der Waals surface area (Å²) >= 11 is 0. The Morgan fingerprint density at radius 1 is 1.05 bits per heavy atom.